The summed E-state index contributed by atoms with van der Waals surface area (Å²) in [6.45, 7) is 1.26. The number of nitrogens with zero attached hydrogens (tertiary/aromatic N) is 1. The van der Waals surface area contributed by atoms with Crippen molar-refractivity contribution in [2.45, 2.75) is 31.5 Å². The van der Waals surface area contributed by atoms with Crippen molar-refractivity contribution in [1.82, 2.24) is 4.31 Å². The molecular weight excluding hydrogens is 295 g/mol. The van der Waals surface area contributed by atoms with Crippen LogP contribution in [0.3, 0.4) is 0 Å². The van der Waals surface area contributed by atoms with Crippen molar-refractivity contribution < 1.29 is 26.7 Å². The monoisotopic (exact) mass is 311 g/mol. The van der Waals surface area contributed by atoms with Gasteiger partial charge in [0.2, 0.25) is 10.0 Å². The molecular formula is C12H16F3NO3S. The fourth-order valence-corrected chi connectivity index (χ4v) is 3.24. The van der Waals surface area contributed by atoms with Gasteiger partial charge >= 0.3 is 6.18 Å². The van der Waals surface area contributed by atoms with E-state index in [1.54, 1.807) is 6.92 Å². The number of alkyl halides is 3. The molecule has 0 atom stereocenters. The number of benzene rings is 1. The first kappa shape index (κ1) is 16.9. The van der Waals surface area contributed by atoms with Crippen molar-refractivity contribution in [1.29, 1.82) is 0 Å². The molecule has 0 spiro atoms. The first-order chi connectivity index (χ1) is 8.99. The van der Waals surface area contributed by atoms with E-state index in [0.29, 0.717) is 16.7 Å². The van der Waals surface area contributed by atoms with E-state index in [-0.39, 0.29) is 15.8 Å². The highest BCUT2D eigenvalue weighted by Crippen LogP contribution is 2.25. The zero-order valence-electron chi connectivity index (χ0n) is 11.3. The van der Waals surface area contributed by atoms with Crippen LogP contribution in [0.25, 0.3) is 0 Å². The summed E-state index contributed by atoms with van der Waals surface area (Å²) in [6, 6.07) is 2.74. The molecule has 0 bridgehead atoms. The minimum atomic E-state index is -4.61. The van der Waals surface area contributed by atoms with Crippen LogP contribution in [-0.2, 0) is 16.6 Å². The number of rotatable bonds is 4. The van der Waals surface area contributed by atoms with Gasteiger partial charge in [-0.1, -0.05) is 6.07 Å². The molecule has 0 saturated carbocycles. The SMILES string of the molecule is Cc1cc(C)c(S(=O)(=O)N(C)CC(F)(F)F)cc1CO. The van der Waals surface area contributed by atoms with E-state index in [1.165, 1.54) is 19.1 Å². The Hall–Kier alpha value is -1.12. The first-order valence-electron chi connectivity index (χ1n) is 5.73. The summed E-state index contributed by atoms with van der Waals surface area (Å²) in [5, 5.41) is 9.14. The Morgan fingerprint density at radius 3 is 2.20 bits per heavy atom. The standard InChI is InChI=1S/C12H16F3NO3S/c1-8-4-9(2)11(5-10(8)6-17)20(18,19)16(3)7-12(13,14)15/h4-5,17H,6-7H2,1-3H3. The third kappa shape index (κ3) is 3.71. The number of aryl methyl sites for hydroxylation is 2. The predicted octanol–water partition coefficient (Wildman–Crippen LogP) is 1.98. The molecule has 114 valence electrons. The smallest absolute Gasteiger partial charge is 0.392 e. The van der Waals surface area contributed by atoms with E-state index < -0.39 is 22.7 Å². The molecule has 0 radical (unpaired) electrons. The molecule has 0 unspecified atom stereocenters. The van der Waals surface area contributed by atoms with Crippen molar-refractivity contribution in [3.05, 3.63) is 28.8 Å². The number of halogens is 3. The molecule has 1 aromatic carbocycles. The largest absolute Gasteiger partial charge is 0.402 e. The lowest BCUT2D eigenvalue weighted by molar-refractivity contribution is -0.134. The maximum Gasteiger partial charge on any atom is 0.402 e. The average molecular weight is 311 g/mol. The summed E-state index contributed by atoms with van der Waals surface area (Å²) in [5.74, 6) is 0. The maximum atomic E-state index is 12.3. The van der Waals surface area contributed by atoms with Crippen LogP contribution in [0.5, 0.6) is 0 Å². The Balaban J connectivity index is 3.29. The number of sulfonamides is 1. The van der Waals surface area contributed by atoms with E-state index in [0.717, 1.165) is 7.05 Å². The van der Waals surface area contributed by atoms with E-state index in [9.17, 15) is 21.6 Å². The van der Waals surface area contributed by atoms with Crippen LogP contribution in [0.1, 0.15) is 16.7 Å². The number of aliphatic hydroxyl groups excluding tert-OH is 1. The van der Waals surface area contributed by atoms with Crippen LogP contribution in [0.2, 0.25) is 0 Å². The van der Waals surface area contributed by atoms with Gasteiger partial charge in [0.05, 0.1) is 11.5 Å². The molecule has 8 heteroatoms. The van der Waals surface area contributed by atoms with Crippen LogP contribution in [0.15, 0.2) is 17.0 Å². The lowest BCUT2D eigenvalue weighted by atomic mass is 10.1. The molecule has 1 aromatic rings. The zero-order valence-corrected chi connectivity index (χ0v) is 12.1. The predicted molar refractivity (Wildman–Crippen MR) is 67.7 cm³/mol. The number of hydrogen-bond donors (Lipinski definition) is 1. The molecule has 0 aliphatic carbocycles. The van der Waals surface area contributed by atoms with Gasteiger partial charge in [0.1, 0.15) is 6.54 Å². The maximum absolute atomic E-state index is 12.3. The van der Waals surface area contributed by atoms with Gasteiger partial charge in [-0.3, -0.25) is 0 Å². The van der Waals surface area contributed by atoms with Crippen LogP contribution < -0.4 is 0 Å². The summed E-state index contributed by atoms with van der Waals surface area (Å²) in [6.07, 6.45) is -4.61. The molecule has 1 N–H and O–H groups in total. The quantitative estimate of drug-likeness (QED) is 0.925. The lowest BCUT2D eigenvalue weighted by Crippen LogP contribution is -2.36. The van der Waals surface area contributed by atoms with E-state index in [2.05, 4.69) is 0 Å². The molecule has 0 aromatic heterocycles. The highest BCUT2D eigenvalue weighted by Gasteiger charge is 2.35. The Kier molecular flexibility index (Phi) is 4.83. The molecule has 0 saturated heterocycles. The van der Waals surface area contributed by atoms with Crippen molar-refractivity contribution in [3.8, 4) is 0 Å². The topological polar surface area (TPSA) is 57.6 Å². The highest BCUT2D eigenvalue weighted by atomic mass is 32.2. The highest BCUT2D eigenvalue weighted by molar-refractivity contribution is 7.89. The zero-order chi connectivity index (χ0) is 15.7. The van der Waals surface area contributed by atoms with Crippen molar-refractivity contribution in [3.63, 3.8) is 0 Å². The minimum Gasteiger partial charge on any atom is -0.392 e. The third-order valence-corrected chi connectivity index (χ3v) is 4.84. The fraction of sp³-hybridized carbons (Fsp3) is 0.500. The minimum absolute atomic E-state index is 0.223. The van der Waals surface area contributed by atoms with Gasteiger partial charge < -0.3 is 5.11 Å². The normalized spacial score (nSPS) is 13.0. The third-order valence-electron chi connectivity index (χ3n) is 2.89. The Bertz CT molecular complexity index is 597. The van der Waals surface area contributed by atoms with Crippen LogP contribution in [0.4, 0.5) is 13.2 Å². The second kappa shape index (κ2) is 5.71. The fourth-order valence-electron chi connectivity index (χ4n) is 1.83. The average Bonchev–Trinajstić information content (AvgIpc) is 2.26. The van der Waals surface area contributed by atoms with Crippen LogP contribution in [0, 0.1) is 13.8 Å². The summed E-state index contributed by atoms with van der Waals surface area (Å²) >= 11 is 0. The Morgan fingerprint density at radius 1 is 1.20 bits per heavy atom. The second-order valence-corrected chi connectivity index (χ2v) is 6.59. The van der Waals surface area contributed by atoms with Gasteiger partial charge in [0.15, 0.2) is 0 Å². The van der Waals surface area contributed by atoms with Crippen LogP contribution in [-0.4, -0.2) is 37.6 Å². The molecule has 0 fully saturated rings. The van der Waals surface area contributed by atoms with Gasteiger partial charge in [0, 0.05) is 7.05 Å². The van der Waals surface area contributed by atoms with E-state index in [1.807, 2.05) is 0 Å². The number of aliphatic hydroxyl groups is 1. The van der Waals surface area contributed by atoms with E-state index >= 15 is 0 Å². The Labute approximate surface area is 115 Å². The molecule has 0 heterocycles. The molecule has 0 aliphatic heterocycles. The van der Waals surface area contributed by atoms with Crippen molar-refractivity contribution in [2.75, 3.05) is 13.6 Å². The molecule has 0 amide bonds. The van der Waals surface area contributed by atoms with Gasteiger partial charge in [-0.15, -0.1) is 0 Å². The molecule has 20 heavy (non-hydrogen) atoms. The van der Waals surface area contributed by atoms with Gasteiger partial charge in [-0.2, -0.15) is 17.5 Å². The molecule has 0 aliphatic rings. The first-order valence-corrected chi connectivity index (χ1v) is 7.17. The van der Waals surface area contributed by atoms with Crippen LogP contribution >= 0.6 is 0 Å². The van der Waals surface area contributed by atoms with Crippen molar-refractivity contribution in [2.24, 2.45) is 0 Å². The second-order valence-electron chi connectivity index (χ2n) is 4.58. The summed E-state index contributed by atoms with van der Waals surface area (Å²) in [4.78, 5) is -0.223. The van der Waals surface area contributed by atoms with Gasteiger partial charge in [0.25, 0.3) is 0 Å². The molecule has 1 rings (SSSR count). The summed E-state index contributed by atoms with van der Waals surface area (Å²) in [5.41, 5.74) is 1.39. The number of hydrogen-bond acceptors (Lipinski definition) is 3. The lowest BCUT2D eigenvalue weighted by Gasteiger charge is -2.20. The van der Waals surface area contributed by atoms with E-state index in [4.69, 9.17) is 5.11 Å². The molecule has 4 nitrogen and oxygen atoms in total. The summed E-state index contributed by atoms with van der Waals surface area (Å²) < 4.78 is 61.5. The Morgan fingerprint density at radius 2 is 1.75 bits per heavy atom. The van der Waals surface area contributed by atoms with Gasteiger partial charge in [-0.05, 0) is 36.6 Å². The summed E-state index contributed by atoms with van der Waals surface area (Å²) in [7, 11) is -3.37. The van der Waals surface area contributed by atoms with Crippen molar-refractivity contribution >= 4 is 10.0 Å². The van der Waals surface area contributed by atoms with Gasteiger partial charge in [-0.25, -0.2) is 8.42 Å².